The first kappa shape index (κ1) is 20.8. The molecule has 2 amide bonds. The van der Waals surface area contributed by atoms with Crippen molar-refractivity contribution in [1.82, 2.24) is 14.9 Å². The van der Waals surface area contributed by atoms with E-state index in [0.717, 1.165) is 37.1 Å². The highest BCUT2D eigenvalue weighted by molar-refractivity contribution is 5.81. The van der Waals surface area contributed by atoms with E-state index in [-0.39, 0.29) is 37.6 Å². The molecule has 2 aliphatic heterocycles. The van der Waals surface area contributed by atoms with Crippen LogP contribution in [0.4, 0.5) is 15.8 Å². The third kappa shape index (κ3) is 4.08. The molecular weight excluding hydrogens is 389 g/mol. The van der Waals surface area contributed by atoms with Crippen LogP contribution >= 0.6 is 0 Å². The van der Waals surface area contributed by atoms with Crippen molar-refractivity contribution in [3.63, 3.8) is 0 Å². The molecule has 1 saturated heterocycles. The Kier molecular flexibility index (Phi) is 6.08. The average molecular weight is 420 g/mol. The van der Waals surface area contributed by atoms with Crippen LogP contribution in [0.3, 0.4) is 0 Å². The lowest BCUT2D eigenvalue weighted by Crippen LogP contribution is -2.53. The molecule has 1 saturated carbocycles. The SMILES string of the molecule is CN1c2ccncc2NC1[C@@H]1C[C@@H](F)CN1C(=O)[C@H](CC1CCCC1)CN(O)C=O. The number of hydrogen-bond acceptors (Lipinski definition) is 6. The van der Waals surface area contributed by atoms with Gasteiger partial charge in [-0.05, 0) is 18.4 Å². The quantitative estimate of drug-likeness (QED) is 0.400. The summed E-state index contributed by atoms with van der Waals surface area (Å²) >= 11 is 0. The second-order valence-electron chi connectivity index (χ2n) is 8.79. The maximum atomic E-state index is 14.5. The van der Waals surface area contributed by atoms with E-state index >= 15 is 0 Å². The number of fused-ring (bicyclic) bond motifs is 1. The Morgan fingerprint density at radius 2 is 2.23 bits per heavy atom. The molecule has 0 aromatic carbocycles. The highest BCUT2D eigenvalue weighted by atomic mass is 19.1. The first-order valence-electron chi connectivity index (χ1n) is 10.8. The van der Waals surface area contributed by atoms with E-state index in [1.54, 1.807) is 17.3 Å². The highest BCUT2D eigenvalue weighted by Crippen LogP contribution is 2.38. The van der Waals surface area contributed by atoms with E-state index in [0.29, 0.717) is 23.8 Å². The van der Waals surface area contributed by atoms with Gasteiger partial charge in [0.05, 0.1) is 42.6 Å². The average Bonchev–Trinajstić information content (AvgIpc) is 3.46. The van der Waals surface area contributed by atoms with E-state index in [1.165, 1.54) is 0 Å². The molecule has 4 rings (SSSR count). The number of rotatable bonds is 7. The van der Waals surface area contributed by atoms with Gasteiger partial charge >= 0.3 is 0 Å². The largest absolute Gasteiger partial charge is 0.361 e. The van der Waals surface area contributed by atoms with Crippen molar-refractivity contribution in [3.05, 3.63) is 18.5 Å². The van der Waals surface area contributed by atoms with E-state index in [9.17, 15) is 19.2 Å². The molecule has 30 heavy (non-hydrogen) atoms. The van der Waals surface area contributed by atoms with Crippen molar-refractivity contribution in [1.29, 1.82) is 0 Å². The number of nitrogens with zero attached hydrogens (tertiary/aromatic N) is 4. The number of alkyl halides is 1. The fourth-order valence-electron chi connectivity index (χ4n) is 5.34. The van der Waals surface area contributed by atoms with Gasteiger partial charge in [0, 0.05) is 19.7 Å². The maximum absolute atomic E-state index is 14.5. The Hall–Kier alpha value is -2.42. The van der Waals surface area contributed by atoms with Crippen molar-refractivity contribution < 1.29 is 19.2 Å². The summed E-state index contributed by atoms with van der Waals surface area (Å²) in [5, 5.41) is 13.7. The maximum Gasteiger partial charge on any atom is 0.233 e. The molecule has 0 bridgehead atoms. The molecule has 0 spiro atoms. The van der Waals surface area contributed by atoms with Crippen molar-refractivity contribution in [2.45, 2.75) is 56.9 Å². The predicted octanol–water partition coefficient (Wildman–Crippen LogP) is 2.25. The van der Waals surface area contributed by atoms with Crippen molar-refractivity contribution in [3.8, 4) is 0 Å². The molecule has 1 aromatic heterocycles. The third-order valence-electron chi connectivity index (χ3n) is 6.81. The number of anilines is 2. The van der Waals surface area contributed by atoms with Gasteiger partial charge < -0.3 is 15.1 Å². The second-order valence-corrected chi connectivity index (χ2v) is 8.79. The Bertz CT molecular complexity index is 775. The minimum Gasteiger partial charge on any atom is -0.361 e. The fourth-order valence-corrected chi connectivity index (χ4v) is 5.34. The number of amides is 2. The molecule has 3 aliphatic rings. The Balaban J connectivity index is 1.53. The summed E-state index contributed by atoms with van der Waals surface area (Å²) in [5.74, 6) is -0.312. The molecule has 0 radical (unpaired) electrons. The van der Waals surface area contributed by atoms with Gasteiger partial charge in [0.1, 0.15) is 12.3 Å². The second kappa shape index (κ2) is 8.75. The molecule has 3 heterocycles. The van der Waals surface area contributed by atoms with Crippen LogP contribution in [0.15, 0.2) is 18.5 Å². The summed E-state index contributed by atoms with van der Waals surface area (Å²) in [4.78, 5) is 32.3. The number of pyridine rings is 1. The minimum absolute atomic E-state index is 0.0395. The molecule has 1 aromatic rings. The van der Waals surface area contributed by atoms with E-state index in [1.807, 2.05) is 18.0 Å². The van der Waals surface area contributed by atoms with Crippen LogP contribution in [0.2, 0.25) is 0 Å². The number of likely N-dealkylation sites (tertiary alicyclic amines) is 1. The number of carbonyl (C=O) groups excluding carboxylic acids is 2. The monoisotopic (exact) mass is 419 g/mol. The number of carbonyl (C=O) groups is 2. The van der Waals surface area contributed by atoms with Gasteiger partial charge in [-0.3, -0.25) is 19.8 Å². The highest BCUT2D eigenvalue weighted by Gasteiger charge is 2.46. The molecule has 164 valence electrons. The zero-order valence-electron chi connectivity index (χ0n) is 17.3. The molecule has 4 atom stereocenters. The van der Waals surface area contributed by atoms with Gasteiger partial charge in [0.15, 0.2) is 0 Å². The molecule has 9 heteroatoms. The summed E-state index contributed by atoms with van der Waals surface area (Å²) in [6, 6.07) is 1.55. The summed E-state index contributed by atoms with van der Waals surface area (Å²) in [7, 11) is 1.93. The molecule has 2 N–H and O–H groups in total. The number of halogens is 1. The lowest BCUT2D eigenvalue weighted by atomic mass is 9.91. The summed E-state index contributed by atoms with van der Waals surface area (Å²) in [6.07, 6.45) is 7.68. The van der Waals surface area contributed by atoms with Crippen molar-refractivity contribution >= 4 is 23.7 Å². The molecular formula is C21H30FN5O3. The molecule has 2 fully saturated rings. The van der Waals surface area contributed by atoms with E-state index < -0.39 is 12.1 Å². The number of nitrogens with one attached hydrogen (secondary N) is 1. The summed E-state index contributed by atoms with van der Waals surface area (Å²) < 4.78 is 14.5. The van der Waals surface area contributed by atoms with Crippen LogP contribution in [0, 0.1) is 11.8 Å². The number of likely N-dealkylation sites (N-methyl/N-ethyl adjacent to an activating group) is 1. The predicted molar refractivity (Wildman–Crippen MR) is 110 cm³/mol. The van der Waals surface area contributed by atoms with Crippen LogP contribution in [0.5, 0.6) is 0 Å². The standard InChI is InChI=1S/C21H30FN5O3/c1-25-18-6-7-23-10-17(18)24-20(25)19-9-16(22)12-27(19)21(29)15(11-26(30)13-28)8-14-4-2-3-5-14/h6-7,10,13-16,19-20,24,30H,2-5,8-9,11-12H2,1H3/t15-,16-,19+,20?/m1/s1. The molecule has 1 aliphatic carbocycles. The summed E-state index contributed by atoms with van der Waals surface area (Å²) in [6.45, 7) is -0.0190. The first-order chi connectivity index (χ1) is 14.5. The fraction of sp³-hybridized carbons (Fsp3) is 0.667. The Labute approximate surface area is 176 Å². The van der Waals surface area contributed by atoms with Gasteiger partial charge in [-0.15, -0.1) is 0 Å². The third-order valence-corrected chi connectivity index (χ3v) is 6.81. The zero-order valence-corrected chi connectivity index (χ0v) is 17.3. The van der Waals surface area contributed by atoms with Gasteiger partial charge in [-0.2, -0.15) is 0 Å². The van der Waals surface area contributed by atoms with Crippen molar-refractivity contribution in [2.24, 2.45) is 11.8 Å². The van der Waals surface area contributed by atoms with Crippen LogP contribution < -0.4 is 10.2 Å². The topological polar surface area (TPSA) is 89.0 Å². The first-order valence-corrected chi connectivity index (χ1v) is 10.8. The van der Waals surface area contributed by atoms with Gasteiger partial charge in [-0.1, -0.05) is 25.7 Å². The van der Waals surface area contributed by atoms with Crippen molar-refractivity contribution in [2.75, 3.05) is 30.4 Å². The smallest absolute Gasteiger partial charge is 0.233 e. The van der Waals surface area contributed by atoms with Crippen LogP contribution in [0.25, 0.3) is 0 Å². The Morgan fingerprint density at radius 1 is 1.47 bits per heavy atom. The van der Waals surface area contributed by atoms with Gasteiger partial charge in [0.25, 0.3) is 0 Å². The van der Waals surface area contributed by atoms with Crippen LogP contribution in [-0.4, -0.2) is 71.0 Å². The van der Waals surface area contributed by atoms with E-state index in [2.05, 4.69) is 10.3 Å². The van der Waals surface area contributed by atoms with Crippen LogP contribution in [0.1, 0.15) is 38.5 Å². The molecule has 8 nitrogen and oxygen atoms in total. The lowest BCUT2D eigenvalue weighted by Gasteiger charge is -2.36. The zero-order chi connectivity index (χ0) is 21.3. The number of hydrogen-bond donors (Lipinski definition) is 2. The number of hydroxylamine groups is 2. The lowest BCUT2D eigenvalue weighted by molar-refractivity contribution is -0.157. The summed E-state index contributed by atoms with van der Waals surface area (Å²) in [5.41, 5.74) is 1.83. The normalized spacial score (nSPS) is 27.1. The Morgan fingerprint density at radius 3 is 2.93 bits per heavy atom. The molecule has 1 unspecified atom stereocenters. The van der Waals surface area contributed by atoms with Gasteiger partial charge in [0.2, 0.25) is 12.3 Å². The van der Waals surface area contributed by atoms with Gasteiger partial charge in [-0.25, -0.2) is 9.45 Å². The van der Waals surface area contributed by atoms with Crippen LogP contribution in [-0.2, 0) is 9.59 Å². The van der Waals surface area contributed by atoms with E-state index in [4.69, 9.17) is 0 Å². The number of aromatic nitrogens is 1. The minimum atomic E-state index is -1.10.